The first kappa shape index (κ1) is 18.2. The lowest BCUT2D eigenvalue weighted by atomic mass is 9.79. The molecule has 1 atom stereocenters. The van der Waals surface area contributed by atoms with Crippen LogP contribution in [0.3, 0.4) is 0 Å². The van der Waals surface area contributed by atoms with Gasteiger partial charge < -0.3 is 10.2 Å². The van der Waals surface area contributed by atoms with Crippen LogP contribution in [0.5, 0.6) is 0 Å². The average Bonchev–Trinajstić information content (AvgIpc) is 2.45. The molecule has 0 saturated carbocycles. The molecule has 1 unspecified atom stereocenters. The molecule has 0 amide bonds. The van der Waals surface area contributed by atoms with Crippen molar-refractivity contribution in [1.29, 1.82) is 0 Å². The molecule has 1 aromatic rings. The summed E-state index contributed by atoms with van der Waals surface area (Å²) in [5.41, 5.74) is 1.61. The molecule has 120 valence electrons. The molecule has 0 bridgehead atoms. The van der Waals surface area contributed by atoms with E-state index in [9.17, 15) is 0 Å². The quantitative estimate of drug-likeness (QED) is 0.683. The maximum atomic E-state index is 3.70. The molecular formula is C19H34N2. The maximum Gasteiger partial charge on any atom is 0.0384 e. The summed E-state index contributed by atoms with van der Waals surface area (Å²) >= 11 is 0. The van der Waals surface area contributed by atoms with Gasteiger partial charge in [-0.25, -0.2) is 0 Å². The van der Waals surface area contributed by atoms with Gasteiger partial charge in [-0.05, 0) is 43.5 Å². The number of nitrogens with zero attached hydrogens (tertiary/aromatic N) is 1. The lowest BCUT2D eigenvalue weighted by Gasteiger charge is -2.39. The van der Waals surface area contributed by atoms with Gasteiger partial charge in [0.25, 0.3) is 0 Å². The van der Waals surface area contributed by atoms with E-state index in [1.54, 1.807) is 0 Å². The highest BCUT2D eigenvalue weighted by Crippen LogP contribution is 2.34. The van der Waals surface area contributed by atoms with Crippen molar-refractivity contribution in [3.63, 3.8) is 0 Å². The van der Waals surface area contributed by atoms with Crippen LogP contribution in [0.1, 0.15) is 59.1 Å². The third kappa shape index (κ3) is 5.80. The Hall–Kier alpha value is -0.860. The smallest absolute Gasteiger partial charge is 0.0384 e. The van der Waals surface area contributed by atoms with Crippen molar-refractivity contribution in [1.82, 2.24) is 10.2 Å². The Kier molecular flexibility index (Phi) is 7.98. The van der Waals surface area contributed by atoms with Crippen molar-refractivity contribution in [3.05, 3.63) is 35.9 Å². The summed E-state index contributed by atoms with van der Waals surface area (Å²) in [6.45, 7) is 16.1. The fraction of sp³-hybridized carbons (Fsp3) is 0.684. The van der Waals surface area contributed by atoms with Crippen LogP contribution in [0.4, 0.5) is 0 Å². The van der Waals surface area contributed by atoms with Gasteiger partial charge in [0.1, 0.15) is 0 Å². The third-order valence-corrected chi connectivity index (χ3v) is 4.03. The van der Waals surface area contributed by atoms with Crippen molar-refractivity contribution in [2.75, 3.05) is 26.2 Å². The minimum absolute atomic E-state index is 0.210. The van der Waals surface area contributed by atoms with Crippen LogP contribution in [0, 0.1) is 5.41 Å². The van der Waals surface area contributed by atoms with E-state index >= 15 is 0 Å². The van der Waals surface area contributed by atoms with E-state index in [4.69, 9.17) is 0 Å². The first-order valence-corrected chi connectivity index (χ1v) is 8.55. The summed E-state index contributed by atoms with van der Waals surface area (Å²) in [6, 6.07) is 11.3. The van der Waals surface area contributed by atoms with Gasteiger partial charge in [0.05, 0.1) is 0 Å². The first-order valence-electron chi connectivity index (χ1n) is 8.55. The van der Waals surface area contributed by atoms with Crippen molar-refractivity contribution in [2.24, 2.45) is 5.41 Å². The second kappa shape index (κ2) is 9.22. The topological polar surface area (TPSA) is 15.3 Å². The van der Waals surface area contributed by atoms with Crippen molar-refractivity contribution in [2.45, 2.75) is 53.5 Å². The highest BCUT2D eigenvalue weighted by Gasteiger charge is 2.31. The Morgan fingerprint density at radius 3 is 2.05 bits per heavy atom. The van der Waals surface area contributed by atoms with Gasteiger partial charge in [0.2, 0.25) is 0 Å². The van der Waals surface area contributed by atoms with Crippen molar-refractivity contribution in [3.8, 4) is 0 Å². The molecule has 0 aliphatic carbocycles. The standard InChI is InChI=1S/C19H34N2/c1-6-14-21(15-7-2)16-19(4,5)18(20-8-3)17-12-10-9-11-13-17/h9-13,18,20H,6-8,14-16H2,1-5H3. The number of hydrogen-bond donors (Lipinski definition) is 1. The zero-order valence-corrected chi connectivity index (χ0v) is 14.7. The van der Waals surface area contributed by atoms with Crippen LogP contribution in [-0.2, 0) is 0 Å². The number of nitrogens with one attached hydrogen (secondary N) is 1. The minimum Gasteiger partial charge on any atom is -0.310 e. The number of hydrogen-bond acceptors (Lipinski definition) is 2. The van der Waals surface area contributed by atoms with Crippen molar-refractivity contribution < 1.29 is 0 Å². The third-order valence-electron chi connectivity index (χ3n) is 4.03. The van der Waals surface area contributed by atoms with Crippen LogP contribution in [0.15, 0.2) is 30.3 Å². The van der Waals surface area contributed by atoms with E-state index in [-0.39, 0.29) is 5.41 Å². The molecule has 1 aromatic carbocycles. The Bertz CT molecular complexity index is 366. The van der Waals surface area contributed by atoms with Gasteiger partial charge in [-0.15, -0.1) is 0 Å². The maximum absolute atomic E-state index is 3.70. The van der Waals surface area contributed by atoms with Crippen LogP contribution < -0.4 is 5.32 Å². The van der Waals surface area contributed by atoms with Crippen LogP contribution in [-0.4, -0.2) is 31.1 Å². The van der Waals surface area contributed by atoms with Crippen LogP contribution >= 0.6 is 0 Å². The Labute approximate surface area is 131 Å². The zero-order valence-electron chi connectivity index (χ0n) is 14.7. The fourth-order valence-corrected chi connectivity index (χ4v) is 3.26. The van der Waals surface area contributed by atoms with E-state index in [0.29, 0.717) is 6.04 Å². The number of benzene rings is 1. The summed E-state index contributed by atoms with van der Waals surface area (Å²) in [4.78, 5) is 2.62. The van der Waals surface area contributed by atoms with E-state index in [0.717, 1.165) is 13.1 Å². The zero-order chi connectivity index (χ0) is 15.7. The summed E-state index contributed by atoms with van der Waals surface area (Å²) in [5.74, 6) is 0. The fourth-order valence-electron chi connectivity index (χ4n) is 3.26. The molecule has 1 N–H and O–H groups in total. The SMILES string of the molecule is CCCN(CCC)CC(C)(C)C(NCC)c1ccccc1. The van der Waals surface area contributed by atoms with E-state index in [2.05, 4.69) is 75.2 Å². The molecule has 0 saturated heterocycles. The normalized spacial score (nSPS) is 13.6. The minimum atomic E-state index is 0.210. The van der Waals surface area contributed by atoms with Gasteiger partial charge in [-0.3, -0.25) is 0 Å². The van der Waals surface area contributed by atoms with Gasteiger partial charge >= 0.3 is 0 Å². The summed E-state index contributed by atoms with van der Waals surface area (Å²) in [6.07, 6.45) is 2.46. The van der Waals surface area contributed by atoms with Crippen molar-refractivity contribution >= 4 is 0 Å². The number of rotatable bonds is 10. The lowest BCUT2D eigenvalue weighted by Crippen LogP contribution is -2.43. The Morgan fingerprint density at radius 1 is 1.00 bits per heavy atom. The highest BCUT2D eigenvalue weighted by atomic mass is 15.1. The molecule has 1 rings (SSSR count). The second-order valence-electron chi connectivity index (χ2n) is 6.67. The average molecular weight is 290 g/mol. The molecule has 2 nitrogen and oxygen atoms in total. The van der Waals surface area contributed by atoms with Crippen LogP contribution in [0.2, 0.25) is 0 Å². The van der Waals surface area contributed by atoms with Crippen LogP contribution in [0.25, 0.3) is 0 Å². The molecule has 2 heteroatoms. The summed E-state index contributed by atoms with van der Waals surface area (Å²) in [5, 5.41) is 3.70. The molecule has 0 aliphatic rings. The molecule has 0 fully saturated rings. The molecule has 0 aromatic heterocycles. The summed E-state index contributed by atoms with van der Waals surface area (Å²) in [7, 11) is 0. The molecule has 0 radical (unpaired) electrons. The lowest BCUT2D eigenvalue weighted by molar-refractivity contribution is 0.136. The Balaban J connectivity index is 2.88. The van der Waals surface area contributed by atoms with Gasteiger partial charge in [0.15, 0.2) is 0 Å². The molecule has 0 aliphatic heterocycles. The molecule has 0 heterocycles. The predicted octanol–water partition coefficient (Wildman–Crippen LogP) is 4.49. The highest BCUT2D eigenvalue weighted by molar-refractivity contribution is 5.21. The molecular weight excluding hydrogens is 256 g/mol. The monoisotopic (exact) mass is 290 g/mol. The first-order chi connectivity index (χ1) is 10.0. The summed E-state index contributed by atoms with van der Waals surface area (Å²) < 4.78 is 0. The van der Waals surface area contributed by atoms with Gasteiger partial charge in [0, 0.05) is 12.6 Å². The van der Waals surface area contributed by atoms with E-state index < -0.39 is 0 Å². The predicted molar refractivity (Wildman–Crippen MR) is 93.7 cm³/mol. The largest absolute Gasteiger partial charge is 0.310 e. The second-order valence-corrected chi connectivity index (χ2v) is 6.67. The van der Waals surface area contributed by atoms with E-state index in [1.165, 1.54) is 31.5 Å². The van der Waals surface area contributed by atoms with E-state index in [1.807, 2.05) is 0 Å². The molecule has 21 heavy (non-hydrogen) atoms. The van der Waals surface area contributed by atoms with Gasteiger partial charge in [-0.1, -0.05) is 65.0 Å². The van der Waals surface area contributed by atoms with Gasteiger partial charge in [-0.2, -0.15) is 0 Å². The molecule has 0 spiro atoms. The Morgan fingerprint density at radius 2 is 1.57 bits per heavy atom.